The molecule has 2 fully saturated rings. The first-order valence-electron chi connectivity index (χ1n) is 8.83. The molecular formula is C18H26N4O2. The normalized spacial score (nSPS) is 20.3. The van der Waals surface area contributed by atoms with Gasteiger partial charge >= 0.3 is 0 Å². The quantitative estimate of drug-likeness (QED) is 0.741. The molecule has 2 amide bonds. The average Bonchev–Trinajstić information content (AvgIpc) is 3.26. The van der Waals surface area contributed by atoms with Gasteiger partial charge in [0.2, 0.25) is 11.8 Å². The first-order chi connectivity index (χ1) is 11.6. The van der Waals surface area contributed by atoms with Gasteiger partial charge in [-0.25, -0.2) is 0 Å². The number of benzene rings is 1. The third kappa shape index (κ3) is 4.06. The molecule has 0 saturated carbocycles. The Bertz CT molecular complexity index is 605. The molecule has 3 rings (SSSR count). The number of hydrogen-bond donors (Lipinski definition) is 3. The van der Waals surface area contributed by atoms with Crippen molar-refractivity contribution in [1.82, 2.24) is 5.32 Å². The van der Waals surface area contributed by atoms with Crippen LogP contribution in [0, 0.1) is 5.92 Å². The van der Waals surface area contributed by atoms with Crippen LogP contribution >= 0.6 is 0 Å². The summed E-state index contributed by atoms with van der Waals surface area (Å²) < 4.78 is 0. The number of anilines is 2. The van der Waals surface area contributed by atoms with E-state index in [9.17, 15) is 9.59 Å². The lowest BCUT2D eigenvalue weighted by atomic mass is 10.0. The van der Waals surface area contributed by atoms with Gasteiger partial charge in [-0.1, -0.05) is 0 Å². The maximum atomic E-state index is 12.4. The molecule has 6 nitrogen and oxygen atoms in total. The second-order valence-corrected chi connectivity index (χ2v) is 6.74. The van der Waals surface area contributed by atoms with Crippen molar-refractivity contribution in [2.75, 3.05) is 36.4 Å². The van der Waals surface area contributed by atoms with Gasteiger partial charge in [-0.3, -0.25) is 9.59 Å². The number of nitrogens with one attached hydrogen (secondary N) is 2. The predicted molar refractivity (Wildman–Crippen MR) is 95.2 cm³/mol. The lowest BCUT2D eigenvalue weighted by Crippen LogP contribution is -2.22. The lowest BCUT2D eigenvalue weighted by Gasteiger charge is -2.22. The average molecular weight is 330 g/mol. The van der Waals surface area contributed by atoms with Crippen LogP contribution in [0.5, 0.6) is 0 Å². The Morgan fingerprint density at radius 2 is 2.08 bits per heavy atom. The topological polar surface area (TPSA) is 87.5 Å². The third-order valence-electron chi connectivity index (χ3n) is 4.94. The summed E-state index contributed by atoms with van der Waals surface area (Å²) in [6.07, 6.45) is 4.85. The predicted octanol–water partition coefficient (Wildman–Crippen LogP) is 1.71. The molecule has 1 atom stereocenters. The minimum absolute atomic E-state index is 0.00367. The fourth-order valence-corrected chi connectivity index (χ4v) is 3.53. The van der Waals surface area contributed by atoms with E-state index in [0.717, 1.165) is 57.5 Å². The van der Waals surface area contributed by atoms with Crippen LogP contribution in [0.2, 0.25) is 0 Å². The lowest BCUT2D eigenvalue weighted by molar-refractivity contribution is -0.116. The molecule has 6 heteroatoms. The minimum Gasteiger partial charge on any atom is -0.370 e. The van der Waals surface area contributed by atoms with Crippen molar-refractivity contribution in [2.45, 2.75) is 32.1 Å². The SMILES string of the molecule is NC(=O)c1ccc(N2CCCC2)c(NC(=O)CCC2CCNC2)c1. The largest absolute Gasteiger partial charge is 0.370 e. The van der Waals surface area contributed by atoms with Crippen LogP contribution in [-0.4, -0.2) is 38.0 Å². The first-order valence-corrected chi connectivity index (χ1v) is 8.83. The molecule has 2 heterocycles. The van der Waals surface area contributed by atoms with Gasteiger partial charge in [-0.15, -0.1) is 0 Å². The fourth-order valence-electron chi connectivity index (χ4n) is 3.53. The Hall–Kier alpha value is -2.08. The first kappa shape index (κ1) is 16.8. The van der Waals surface area contributed by atoms with Gasteiger partial charge in [0.25, 0.3) is 0 Å². The van der Waals surface area contributed by atoms with Crippen molar-refractivity contribution in [3.8, 4) is 0 Å². The van der Waals surface area contributed by atoms with Crippen molar-refractivity contribution in [3.63, 3.8) is 0 Å². The zero-order chi connectivity index (χ0) is 16.9. The van der Waals surface area contributed by atoms with E-state index in [1.54, 1.807) is 12.1 Å². The fraction of sp³-hybridized carbons (Fsp3) is 0.556. The van der Waals surface area contributed by atoms with E-state index in [0.29, 0.717) is 23.6 Å². The minimum atomic E-state index is -0.476. The van der Waals surface area contributed by atoms with Crippen molar-refractivity contribution in [3.05, 3.63) is 23.8 Å². The van der Waals surface area contributed by atoms with Gasteiger partial charge in [-0.05, 0) is 62.9 Å². The standard InChI is InChI=1S/C18H26N4O2/c19-18(24)14-4-5-16(22-9-1-2-10-22)15(11-14)21-17(23)6-3-13-7-8-20-12-13/h4-5,11,13,20H,1-3,6-10,12H2,(H2,19,24)(H,21,23). The molecule has 130 valence electrons. The van der Waals surface area contributed by atoms with Crippen molar-refractivity contribution < 1.29 is 9.59 Å². The molecule has 24 heavy (non-hydrogen) atoms. The number of primary amides is 1. The highest BCUT2D eigenvalue weighted by Gasteiger charge is 2.20. The van der Waals surface area contributed by atoms with Gasteiger partial charge in [0.1, 0.15) is 0 Å². The molecule has 2 aliphatic heterocycles. The zero-order valence-electron chi connectivity index (χ0n) is 14.0. The number of nitrogens with zero attached hydrogens (tertiary/aromatic N) is 1. The van der Waals surface area contributed by atoms with Crippen LogP contribution in [0.3, 0.4) is 0 Å². The van der Waals surface area contributed by atoms with Crippen LogP contribution in [0.15, 0.2) is 18.2 Å². The number of nitrogens with two attached hydrogens (primary N) is 1. The molecule has 1 aromatic rings. The maximum absolute atomic E-state index is 12.4. The molecule has 0 radical (unpaired) electrons. The summed E-state index contributed by atoms with van der Waals surface area (Å²) in [5, 5.41) is 6.32. The van der Waals surface area contributed by atoms with E-state index >= 15 is 0 Å². The third-order valence-corrected chi connectivity index (χ3v) is 4.94. The summed E-state index contributed by atoms with van der Waals surface area (Å²) in [6, 6.07) is 5.32. The van der Waals surface area contributed by atoms with E-state index in [4.69, 9.17) is 5.73 Å². The Balaban J connectivity index is 1.69. The second-order valence-electron chi connectivity index (χ2n) is 6.74. The Morgan fingerprint density at radius 1 is 1.29 bits per heavy atom. The second kappa shape index (κ2) is 7.66. The number of amides is 2. The van der Waals surface area contributed by atoms with Crippen LogP contribution in [0.4, 0.5) is 11.4 Å². The number of rotatable bonds is 6. The number of carbonyl (C=O) groups excluding carboxylic acids is 2. The van der Waals surface area contributed by atoms with Gasteiger partial charge in [0.15, 0.2) is 0 Å². The number of hydrogen-bond acceptors (Lipinski definition) is 4. The van der Waals surface area contributed by atoms with Gasteiger partial charge in [0.05, 0.1) is 11.4 Å². The smallest absolute Gasteiger partial charge is 0.248 e. The molecule has 2 aliphatic rings. The monoisotopic (exact) mass is 330 g/mol. The summed E-state index contributed by atoms with van der Waals surface area (Å²) >= 11 is 0. The molecule has 4 N–H and O–H groups in total. The van der Waals surface area contributed by atoms with Crippen molar-refractivity contribution >= 4 is 23.2 Å². The van der Waals surface area contributed by atoms with Crippen LogP contribution in [0.1, 0.15) is 42.5 Å². The van der Waals surface area contributed by atoms with E-state index in [-0.39, 0.29) is 5.91 Å². The van der Waals surface area contributed by atoms with Crippen LogP contribution in [0.25, 0.3) is 0 Å². The summed E-state index contributed by atoms with van der Waals surface area (Å²) in [5.74, 6) is 0.116. The van der Waals surface area contributed by atoms with Crippen LogP contribution < -0.4 is 21.3 Å². The highest BCUT2D eigenvalue weighted by molar-refractivity contribution is 5.99. The highest BCUT2D eigenvalue weighted by Crippen LogP contribution is 2.30. The molecule has 2 saturated heterocycles. The molecule has 0 spiro atoms. The van der Waals surface area contributed by atoms with E-state index in [1.165, 1.54) is 0 Å². The van der Waals surface area contributed by atoms with Gasteiger partial charge < -0.3 is 21.3 Å². The van der Waals surface area contributed by atoms with E-state index in [1.807, 2.05) is 6.07 Å². The molecule has 0 bridgehead atoms. The summed E-state index contributed by atoms with van der Waals surface area (Å²) in [4.78, 5) is 26.1. The summed E-state index contributed by atoms with van der Waals surface area (Å²) in [5.41, 5.74) is 7.49. The van der Waals surface area contributed by atoms with Crippen molar-refractivity contribution in [1.29, 1.82) is 0 Å². The Kier molecular flexibility index (Phi) is 5.35. The number of carbonyl (C=O) groups is 2. The van der Waals surface area contributed by atoms with E-state index < -0.39 is 5.91 Å². The van der Waals surface area contributed by atoms with Crippen LogP contribution in [-0.2, 0) is 4.79 Å². The maximum Gasteiger partial charge on any atom is 0.248 e. The molecule has 1 unspecified atom stereocenters. The van der Waals surface area contributed by atoms with Gasteiger partial charge in [0, 0.05) is 25.1 Å². The Labute approximate surface area is 142 Å². The zero-order valence-corrected chi connectivity index (χ0v) is 14.0. The Morgan fingerprint density at radius 3 is 2.75 bits per heavy atom. The van der Waals surface area contributed by atoms with Crippen molar-refractivity contribution in [2.24, 2.45) is 11.7 Å². The highest BCUT2D eigenvalue weighted by atomic mass is 16.2. The summed E-state index contributed by atoms with van der Waals surface area (Å²) in [6.45, 7) is 4.01. The van der Waals surface area contributed by atoms with Gasteiger partial charge in [-0.2, -0.15) is 0 Å². The molecule has 0 aliphatic carbocycles. The summed E-state index contributed by atoms with van der Waals surface area (Å²) in [7, 11) is 0. The molecular weight excluding hydrogens is 304 g/mol. The molecule has 1 aromatic carbocycles. The molecule has 0 aromatic heterocycles. The van der Waals surface area contributed by atoms with E-state index in [2.05, 4.69) is 15.5 Å².